The van der Waals surface area contributed by atoms with Crippen molar-refractivity contribution in [2.75, 3.05) is 17.2 Å². The molecule has 8 nitrogen and oxygen atoms in total. The molecule has 4 rings (SSSR count). The van der Waals surface area contributed by atoms with Crippen molar-refractivity contribution in [3.8, 4) is 11.8 Å². The molecule has 1 heterocycles. The molecular weight excluding hydrogens is 488 g/mol. The maximum absolute atomic E-state index is 13.4. The highest BCUT2D eigenvalue weighted by Crippen LogP contribution is 2.26. The Morgan fingerprint density at radius 3 is 2.38 bits per heavy atom. The van der Waals surface area contributed by atoms with E-state index < -0.39 is 6.03 Å². The Morgan fingerprint density at radius 2 is 1.69 bits per heavy atom. The van der Waals surface area contributed by atoms with E-state index in [-0.39, 0.29) is 24.4 Å². The fraction of sp³-hybridized carbons (Fsp3) is 0.226. The Balaban J connectivity index is 1.59. The van der Waals surface area contributed by atoms with E-state index in [1.165, 1.54) is 4.90 Å². The van der Waals surface area contributed by atoms with Gasteiger partial charge in [-0.25, -0.2) is 9.48 Å². The molecule has 0 aliphatic carbocycles. The first-order valence-electron chi connectivity index (χ1n) is 12.7. The molecule has 0 spiro atoms. The fourth-order valence-electron chi connectivity index (χ4n) is 4.02. The number of hydrogen-bond donors (Lipinski definition) is 2. The molecule has 39 heavy (non-hydrogen) atoms. The molecule has 3 amide bonds. The van der Waals surface area contributed by atoms with Gasteiger partial charge < -0.3 is 15.5 Å². The van der Waals surface area contributed by atoms with Crippen LogP contribution in [0.1, 0.15) is 43.2 Å². The minimum Gasteiger partial charge on any atom is -0.311 e. The molecule has 1 aromatic heterocycles. The molecule has 0 unspecified atom stereocenters. The average molecular weight is 521 g/mol. The quantitative estimate of drug-likeness (QED) is 0.311. The van der Waals surface area contributed by atoms with Crippen LogP contribution >= 0.6 is 0 Å². The maximum atomic E-state index is 13.4. The highest BCUT2D eigenvalue weighted by atomic mass is 16.2. The lowest BCUT2D eigenvalue weighted by Crippen LogP contribution is -2.40. The maximum Gasteiger partial charge on any atom is 0.322 e. The van der Waals surface area contributed by atoms with Crippen LogP contribution in [0.3, 0.4) is 0 Å². The zero-order chi connectivity index (χ0) is 28.0. The average Bonchev–Trinajstić information content (AvgIpc) is 3.33. The summed E-state index contributed by atoms with van der Waals surface area (Å²) in [6.45, 7) is 8.23. The minimum atomic E-state index is -0.452. The number of aromatic nitrogens is 2. The smallest absolute Gasteiger partial charge is 0.311 e. The number of hydrogen-bond acceptors (Lipinski definition) is 4. The standard InChI is InChI=1S/C31H32N6O2/c1-22-10-8-15-26(16-22)37-28(18-27(35-37)31(2,3)4)34-29(38)21-36(20-23-11-6-5-7-12-23)30(39)33-25-14-9-13-24(17-25)19-32/h5-18H,20-21H2,1-4H3,(H,33,39)(H,34,38). The van der Waals surface area contributed by atoms with Crippen LogP contribution in [0.2, 0.25) is 0 Å². The van der Waals surface area contributed by atoms with Gasteiger partial charge >= 0.3 is 6.03 Å². The SMILES string of the molecule is Cc1cccc(-n2nc(C(C)(C)C)cc2NC(=O)CN(Cc2ccccc2)C(=O)Nc2cccc(C#N)c2)c1. The number of carbonyl (C=O) groups excluding carboxylic acids is 2. The lowest BCUT2D eigenvalue weighted by molar-refractivity contribution is -0.116. The lowest BCUT2D eigenvalue weighted by atomic mass is 9.92. The van der Waals surface area contributed by atoms with Crippen LogP contribution in [-0.4, -0.2) is 33.2 Å². The summed E-state index contributed by atoms with van der Waals surface area (Å²) in [5, 5.41) is 19.8. The van der Waals surface area contributed by atoms with Crippen LogP contribution in [0.4, 0.5) is 16.3 Å². The molecule has 0 saturated heterocycles. The number of urea groups is 1. The van der Waals surface area contributed by atoms with Gasteiger partial charge in [0.2, 0.25) is 5.91 Å². The van der Waals surface area contributed by atoms with E-state index in [0.717, 1.165) is 22.5 Å². The van der Waals surface area contributed by atoms with Crippen molar-refractivity contribution < 1.29 is 9.59 Å². The third-order valence-electron chi connectivity index (χ3n) is 6.07. The number of anilines is 2. The molecule has 8 heteroatoms. The Labute approximate surface area is 228 Å². The molecule has 0 aliphatic rings. The monoisotopic (exact) mass is 520 g/mol. The molecule has 4 aromatic rings. The highest BCUT2D eigenvalue weighted by Gasteiger charge is 2.23. The third-order valence-corrected chi connectivity index (χ3v) is 6.07. The van der Waals surface area contributed by atoms with Gasteiger partial charge in [0.15, 0.2) is 0 Å². The largest absolute Gasteiger partial charge is 0.322 e. The summed E-state index contributed by atoms with van der Waals surface area (Å²) in [6.07, 6.45) is 0. The van der Waals surface area contributed by atoms with Gasteiger partial charge in [-0.3, -0.25) is 4.79 Å². The first-order chi connectivity index (χ1) is 18.6. The molecule has 3 aromatic carbocycles. The van der Waals surface area contributed by atoms with Crippen LogP contribution in [0.25, 0.3) is 5.69 Å². The number of amides is 3. The topological polar surface area (TPSA) is 103 Å². The summed E-state index contributed by atoms with van der Waals surface area (Å²) in [4.78, 5) is 28.1. The summed E-state index contributed by atoms with van der Waals surface area (Å²) >= 11 is 0. The van der Waals surface area contributed by atoms with Crippen molar-refractivity contribution in [1.29, 1.82) is 5.26 Å². The second-order valence-electron chi connectivity index (χ2n) is 10.4. The van der Waals surface area contributed by atoms with Gasteiger partial charge in [-0.05, 0) is 48.4 Å². The number of benzene rings is 3. The van der Waals surface area contributed by atoms with Gasteiger partial charge in [0.25, 0.3) is 0 Å². The second kappa shape index (κ2) is 11.7. The van der Waals surface area contributed by atoms with Crippen molar-refractivity contribution in [1.82, 2.24) is 14.7 Å². The second-order valence-corrected chi connectivity index (χ2v) is 10.4. The van der Waals surface area contributed by atoms with E-state index in [0.29, 0.717) is 17.1 Å². The Bertz CT molecular complexity index is 1510. The number of carbonyl (C=O) groups is 2. The Kier molecular flexibility index (Phi) is 8.11. The van der Waals surface area contributed by atoms with Gasteiger partial charge in [-0.2, -0.15) is 10.4 Å². The number of aryl methyl sites for hydroxylation is 1. The van der Waals surface area contributed by atoms with E-state index in [1.807, 2.05) is 67.6 Å². The zero-order valence-electron chi connectivity index (χ0n) is 22.6. The molecule has 0 saturated carbocycles. The van der Waals surface area contributed by atoms with Gasteiger partial charge in [0.05, 0.1) is 23.0 Å². The zero-order valence-corrected chi connectivity index (χ0v) is 22.6. The number of nitrogens with zero attached hydrogens (tertiary/aromatic N) is 4. The van der Waals surface area contributed by atoms with Gasteiger partial charge in [0.1, 0.15) is 12.4 Å². The van der Waals surface area contributed by atoms with Crippen molar-refractivity contribution in [2.24, 2.45) is 0 Å². The predicted octanol–water partition coefficient (Wildman–Crippen LogP) is 6.02. The van der Waals surface area contributed by atoms with Crippen molar-refractivity contribution in [2.45, 2.75) is 39.7 Å². The van der Waals surface area contributed by atoms with Gasteiger partial charge in [0, 0.05) is 23.7 Å². The van der Waals surface area contributed by atoms with Crippen molar-refractivity contribution in [3.63, 3.8) is 0 Å². The van der Waals surface area contributed by atoms with Crippen LogP contribution in [0.15, 0.2) is 84.9 Å². The summed E-state index contributed by atoms with van der Waals surface area (Å²) in [6, 6.07) is 27.5. The third kappa shape index (κ3) is 7.11. The van der Waals surface area contributed by atoms with Crippen LogP contribution in [-0.2, 0) is 16.8 Å². The van der Waals surface area contributed by atoms with Crippen molar-refractivity contribution >= 4 is 23.4 Å². The van der Waals surface area contributed by atoms with E-state index in [2.05, 4.69) is 37.5 Å². The summed E-state index contributed by atoms with van der Waals surface area (Å²) in [5.41, 5.74) is 4.29. The number of rotatable bonds is 7. The first-order valence-corrected chi connectivity index (χ1v) is 12.7. The molecule has 2 N–H and O–H groups in total. The van der Waals surface area contributed by atoms with Gasteiger partial charge in [-0.15, -0.1) is 0 Å². The number of nitrogens with one attached hydrogen (secondary N) is 2. The van der Waals surface area contributed by atoms with Gasteiger partial charge in [-0.1, -0.05) is 69.3 Å². The number of nitriles is 1. The molecule has 0 aliphatic heterocycles. The fourth-order valence-corrected chi connectivity index (χ4v) is 4.02. The summed E-state index contributed by atoms with van der Waals surface area (Å²) < 4.78 is 1.72. The van der Waals surface area contributed by atoms with Crippen LogP contribution in [0.5, 0.6) is 0 Å². The summed E-state index contributed by atoms with van der Waals surface area (Å²) in [5.74, 6) is 0.165. The highest BCUT2D eigenvalue weighted by molar-refractivity contribution is 5.96. The van der Waals surface area contributed by atoms with Crippen molar-refractivity contribution in [3.05, 3.63) is 107 Å². The van der Waals surface area contributed by atoms with E-state index in [4.69, 9.17) is 5.10 Å². The minimum absolute atomic E-state index is 0.192. The normalized spacial score (nSPS) is 10.9. The Morgan fingerprint density at radius 1 is 0.949 bits per heavy atom. The van der Waals surface area contributed by atoms with Crippen LogP contribution in [0, 0.1) is 18.3 Å². The molecule has 198 valence electrons. The van der Waals surface area contributed by atoms with E-state index >= 15 is 0 Å². The molecule has 0 atom stereocenters. The van der Waals surface area contributed by atoms with E-state index in [1.54, 1.807) is 28.9 Å². The predicted molar refractivity (Wildman–Crippen MR) is 153 cm³/mol. The lowest BCUT2D eigenvalue weighted by Gasteiger charge is -2.23. The van der Waals surface area contributed by atoms with Crippen LogP contribution < -0.4 is 10.6 Å². The Hall–Kier alpha value is -4.90. The summed E-state index contributed by atoms with van der Waals surface area (Å²) in [7, 11) is 0. The molecule has 0 bridgehead atoms. The molecule has 0 radical (unpaired) electrons. The molecular formula is C31H32N6O2. The van der Waals surface area contributed by atoms with E-state index in [9.17, 15) is 14.9 Å². The molecule has 0 fully saturated rings. The first kappa shape index (κ1) is 27.1.